The molecule has 0 bridgehead atoms. The molecule has 0 aliphatic rings. The molecule has 1 atom stereocenters. The number of carboxylic acid groups (broad SMARTS) is 1. The smallest absolute Gasteiger partial charge is 0.311 e. The van der Waals surface area contributed by atoms with E-state index in [2.05, 4.69) is 15.9 Å². The Hall–Kier alpha value is -1.61. The summed E-state index contributed by atoms with van der Waals surface area (Å²) in [5.41, 5.74) is 4.11. The van der Waals surface area contributed by atoms with Gasteiger partial charge < -0.3 is 5.11 Å². The van der Waals surface area contributed by atoms with E-state index in [4.69, 9.17) is 0 Å². The molecular weight excluding hydrogens is 316 g/mol. The molecule has 2 rings (SSSR count). The van der Waals surface area contributed by atoms with Crippen molar-refractivity contribution in [3.05, 3.63) is 69.2 Å². The summed E-state index contributed by atoms with van der Waals surface area (Å²) in [6.07, 6.45) is 0.506. The van der Waals surface area contributed by atoms with Gasteiger partial charge in [0, 0.05) is 4.47 Å². The fourth-order valence-corrected chi connectivity index (χ4v) is 2.67. The van der Waals surface area contributed by atoms with Gasteiger partial charge in [0.15, 0.2) is 0 Å². The van der Waals surface area contributed by atoms with E-state index in [0.29, 0.717) is 6.42 Å². The monoisotopic (exact) mass is 332 g/mol. The first-order chi connectivity index (χ1) is 9.47. The molecule has 2 aromatic rings. The molecule has 2 nitrogen and oxygen atoms in total. The summed E-state index contributed by atoms with van der Waals surface area (Å²) in [6.45, 7) is 3.99. The lowest BCUT2D eigenvalue weighted by Crippen LogP contribution is -2.15. The normalized spacial score (nSPS) is 12.2. The topological polar surface area (TPSA) is 37.3 Å². The molecule has 0 saturated heterocycles. The second-order valence-corrected chi connectivity index (χ2v) is 6.00. The SMILES string of the molecule is Cc1ccc(C(Cc2ccc(Br)cc2)C(=O)O)c(C)c1. The molecule has 0 aliphatic carbocycles. The van der Waals surface area contributed by atoms with Crippen LogP contribution in [-0.2, 0) is 11.2 Å². The van der Waals surface area contributed by atoms with E-state index >= 15 is 0 Å². The number of aliphatic carboxylic acids is 1. The van der Waals surface area contributed by atoms with Crippen LogP contribution in [0.4, 0.5) is 0 Å². The van der Waals surface area contributed by atoms with Crippen LogP contribution < -0.4 is 0 Å². The van der Waals surface area contributed by atoms with E-state index < -0.39 is 11.9 Å². The van der Waals surface area contributed by atoms with Crippen LogP contribution in [0.5, 0.6) is 0 Å². The van der Waals surface area contributed by atoms with Gasteiger partial charge in [0.25, 0.3) is 0 Å². The van der Waals surface area contributed by atoms with Gasteiger partial charge in [-0.05, 0) is 49.1 Å². The molecule has 0 aliphatic heterocycles. The van der Waals surface area contributed by atoms with Crippen LogP contribution in [0.1, 0.15) is 28.2 Å². The number of hydrogen-bond acceptors (Lipinski definition) is 1. The average Bonchev–Trinajstić information content (AvgIpc) is 2.39. The first-order valence-corrected chi connectivity index (χ1v) is 7.31. The molecule has 2 aromatic carbocycles. The van der Waals surface area contributed by atoms with Crippen molar-refractivity contribution < 1.29 is 9.90 Å². The Labute approximate surface area is 127 Å². The van der Waals surface area contributed by atoms with Crippen molar-refractivity contribution in [1.29, 1.82) is 0 Å². The molecule has 0 radical (unpaired) electrons. The predicted octanol–water partition coefficient (Wildman–Crippen LogP) is 4.48. The number of carbonyl (C=O) groups is 1. The van der Waals surface area contributed by atoms with Gasteiger partial charge in [0.1, 0.15) is 0 Å². The minimum atomic E-state index is -0.778. The van der Waals surface area contributed by atoms with Gasteiger partial charge in [-0.3, -0.25) is 4.79 Å². The average molecular weight is 333 g/mol. The first-order valence-electron chi connectivity index (χ1n) is 6.52. The van der Waals surface area contributed by atoms with Gasteiger partial charge in [-0.2, -0.15) is 0 Å². The summed E-state index contributed by atoms with van der Waals surface area (Å²) in [5, 5.41) is 9.53. The number of aryl methyl sites for hydroxylation is 2. The van der Waals surface area contributed by atoms with E-state index in [1.807, 2.05) is 56.3 Å². The van der Waals surface area contributed by atoms with Crippen molar-refractivity contribution in [3.8, 4) is 0 Å². The standard InChI is InChI=1S/C17H17BrO2/c1-11-3-8-15(12(2)9-11)16(17(19)20)10-13-4-6-14(18)7-5-13/h3-9,16H,10H2,1-2H3,(H,19,20). The predicted molar refractivity (Wildman–Crippen MR) is 84.1 cm³/mol. The molecule has 20 heavy (non-hydrogen) atoms. The number of rotatable bonds is 4. The number of benzene rings is 2. The lowest BCUT2D eigenvalue weighted by atomic mass is 9.88. The highest BCUT2D eigenvalue weighted by molar-refractivity contribution is 9.10. The lowest BCUT2D eigenvalue weighted by Gasteiger charge is -2.16. The fraction of sp³-hybridized carbons (Fsp3) is 0.235. The van der Waals surface area contributed by atoms with Gasteiger partial charge in [0.05, 0.1) is 5.92 Å². The molecule has 1 N–H and O–H groups in total. The molecule has 104 valence electrons. The minimum absolute atomic E-state index is 0.503. The molecule has 0 amide bonds. The Kier molecular flexibility index (Phi) is 4.61. The van der Waals surface area contributed by atoms with Gasteiger partial charge in [-0.25, -0.2) is 0 Å². The zero-order valence-corrected chi connectivity index (χ0v) is 13.1. The zero-order valence-electron chi connectivity index (χ0n) is 11.6. The highest BCUT2D eigenvalue weighted by Gasteiger charge is 2.22. The maximum absolute atomic E-state index is 11.6. The Morgan fingerprint density at radius 1 is 1.15 bits per heavy atom. The second kappa shape index (κ2) is 6.23. The highest BCUT2D eigenvalue weighted by Crippen LogP contribution is 2.26. The van der Waals surface area contributed by atoms with Gasteiger partial charge in [0.2, 0.25) is 0 Å². The van der Waals surface area contributed by atoms with E-state index in [-0.39, 0.29) is 0 Å². The van der Waals surface area contributed by atoms with Gasteiger partial charge >= 0.3 is 5.97 Å². The summed E-state index contributed by atoms with van der Waals surface area (Å²) in [4.78, 5) is 11.6. The maximum Gasteiger partial charge on any atom is 0.311 e. The Morgan fingerprint density at radius 3 is 2.35 bits per heavy atom. The molecule has 3 heteroatoms. The Morgan fingerprint density at radius 2 is 1.80 bits per heavy atom. The minimum Gasteiger partial charge on any atom is -0.481 e. The van der Waals surface area contributed by atoms with Crippen LogP contribution >= 0.6 is 15.9 Å². The molecule has 0 spiro atoms. The van der Waals surface area contributed by atoms with Gasteiger partial charge in [-0.15, -0.1) is 0 Å². The Bertz CT molecular complexity index is 617. The third-order valence-electron chi connectivity index (χ3n) is 3.45. The fourth-order valence-electron chi connectivity index (χ4n) is 2.40. The van der Waals surface area contributed by atoms with E-state index in [9.17, 15) is 9.90 Å². The van der Waals surface area contributed by atoms with Crippen molar-refractivity contribution in [1.82, 2.24) is 0 Å². The molecule has 0 heterocycles. The van der Waals surface area contributed by atoms with Crippen molar-refractivity contribution in [2.75, 3.05) is 0 Å². The first kappa shape index (κ1) is 14.8. The van der Waals surface area contributed by atoms with Crippen LogP contribution in [0.3, 0.4) is 0 Å². The van der Waals surface area contributed by atoms with Crippen LogP contribution in [0, 0.1) is 13.8 Å². The van der Waals surface area contributed by atoms with E-state index in [1.165, 1.54) is 0 Å². The summed E-state index contributed by atoms with van der Waals surface area (Å²) < 4.78 is 1.000. The number of hydrogen-bond donors (Lipinski definition) is 1. The van der Waals surface area contributed by atoms with Gasteiger partial charge in [-0.1, -0.05) is 51.8 Å². The summed E-state index contributed by atoms with van der Waals surface area (Å²) >= 11 is 3.39. The van der Waals surface area contributed by atoms with Crippen molar-refractivity contribution in [2.45, 2.75) is 26.2 Å². The summed E-state index contributed by atoms with van der Waals surface area (Å²) in [5.74, 6) is -1.28. The summed E-state index contributed by atoms with van der Waals surface area (Å²) in [7, 11) is 0. The van der Waals surface area contributed by atoms with Crippen LogP contribution in [-0.4, -0.2) is 11.1 Å². The van der Waals surface area contributed by atoms with Crippen LogP contribution in [0.15, 0.2) is 46.9 Å². The quantitative estimate of drug-likeness (QED) is 0.896. The van der Waals surface area contributed by atoms with E-state index in [1.54, 1.807) is 0 Å². The number of halogens is 1. The lowest BCUT2D eigenvalue weighted by molar-refractivity contribution is -0.138. The largest absolute Gasteiger partial charge is 0.481 e. The van der Waals surface area contributed by atoms with Crippen molar-refractivity contribution in [3.63, 3.8) is 0 Å². The van der Waals surface area contributed by atoms with Crippen LogP contribution in [0.25, 0.3) is 0 Å². The van der Waals surface area contributed by atoms with Crippen LogP contribution in [0.2, 0.25) is 0 Å². The molecule has 0 saturated carbocycles. The maximum atomic E-state index is 11.6. The van der Waals surface area contributed by atoms with Crippen molar-refractivity contribution >= 4 is 21.9 Å². The molecule has 1 unspecified atom stereocenters. The number of carboxylic acids is 1. The molecule has 0 fully saturated rings. The molecular formula is C17H17BrO2. The van der Waals surface area contributed by atoms with Crippen molar-refractivity contribution in [2.24, 2.45) is 0 Å². The third-order valence-corrected chi connectivity index (χ3v) is 3.98. The zero-order chi connectivity index (χ0) is 14.7. The molecule has 0 aromatic heterocycles. The third kappa shape index (κ3) is 3.48. The van der Waals surface area contributed by atoms with E-state index in [0.717, 1.165) is 26.7 Å². The Balaban J connectivity index is 2.31. The summed E-state index contributed by atoms with van der Waals surface area (Å²) in [6, 6.07) is 13.7. The second-order valence-electron chi connectivity index (χ2n) is 5.08. The highest BCUT2D eigenvalue weighted by atomic mass is 79.9.